The summed E-state index contributed by atoms with van der Waals surface area (Å²) >= 11 is 0. The summed E-state index contributed by atoms with van der Waals surface area (Å²) in [6.07, 6.45) is 5.51. The lowest BCUT2D eigenvalue weighted by Crippen LogP contribution is -2.45. The third kappa shape index (κ3) is 4.64. The van der Waals surface area contributed by atoms with Crippen molar-refractivity contribution in [3.63, 3.8) is 0 Å². The first-order valence-corrected chi connectivity index (χ1v) is 6.70. The molecule has 1 atom stereocenters. The van der Waals surface area contributed by atoms with Crippen LogP contribution in [-0.4, -0.2) is 41.1 Å². The Balaban J connectivity index is 2.20. The van der Waals surface area contributed by atoms with Crippen molar-refractivity contribution in [1.82, 2.24) is 4.90 Å². The van der Waals surface area contributed by atoms with Crippen molar-refractivity contribution in [2.75, 3.05) is 19.6 Å². The SMILES string of the molecule is CCN(CCCC(C)(N)C(=O)O)CC1CCC1. The fraction of sp³-hybridized carbons (Fsp3) is 0.923. The number of nitrogens with two attached hydrogens (primary N) is 1. The van der Waals surface area contributed by atoms with Crippen LogP contribution in [0.2, 0.25) is 0 Å². The van der Waals surface area contributed by atoms with Crippen molar-refractivity contribution in [2.24, 2.45) is 11.7 Å². The Bertz CT molecular complexity index is 250. The first-order valence-electron chi connectivity index (χ1n) is 6.70. The zero-order valence-corrected chi connectivity index (χ0v) is 11.1. The molecule has 1 aliphatic carbocycles. The molecule has 0 amide bonds. The van der Waals surface area contributed by atoms with Gasteiger partial charge in [0.25, 0.3) is 0 Å². The Kier molecular flexibility index (Phi) is 5.40. The minimum Gasteiger partial charge on any atom is -0.480 e. The highest BCUT2D eigenvalue weighted by Gasteiger charge is 2.27. The molecule has 1 fully saturated rings. The molecule has 0 saturated heterocycles. The molecule has 3 N–H and O–H groups in total. The first kappa shape index (κ1) is 14.5. The number of carboxylic acid groups (broad SMARTS) is 1. The Morgan fingerprint density at radius 3 is 2.59 bits per heavy atom. The smallest absolute Gasteiger partial charge is 0.323 e. The van der Waals surface area contributed by atoms with E-state index in [9.17, 15) is 4.79 Å². The predicted octanol–water partition coefficient (Wildman–Crippen LogP) is 1.69. The molecule has 1 rings (SSSR count). The van der Waals surface area contributed by atoms with Gasteiger partial charge < -0.3 is 15.7 Å². The van der Waals surface area contributed by atoms with Gasteiger partial charge in [0.15, 0.2) is 0 Å². The van der Waals surface area contributed by atoms with Crippen LogP contribution < -0.4 is 5.73 Å². The quantitative estimate of drug-likeness (QED) is 0.680. The molecule has 4 nitrogen and oxygen atoms in total. The Labute approximate surface area is 104 Å². The molecular formula is C13H26N2O2. The largest absolute Gasteiger partial charge is 0.480 e. The van der Waals surface area contributed by atoms with E-state index in [4.69, 9.17) is 10.8 Å². The first-order chi connectivity index (χ1) is 7.95. The van der Waals surface area contributed by atoms with Crippen molar-refractivity contribution < 1.29 is 9.90 Å². The zero-order valence-electron chi connectivity index (χ0n) is 11.1. The molecule has 0 aliphatic heterocycles. The zero-order chi connectivity index (χ0) is 12.9. The van der Waals surface area contributed by atoms with Crippen LogP contribution >= 0.6 is 0 Å². The number of hydrogen-bond donors (Lipinski definition) is 2. The van der Waals surface area contributed by atoms with Crippen LogP contribution in [0.15, 0.2) is 0 Å². The van der Waals surface area contributed by atoms with Gasteiger partial charge in [-0.2, -0.15) is 0 Å². The van der Waals surface area contributed by atoms with E-state index in [2.05, 4.69) is 11.8 Å². The number of aliphatic carboxylic acids is 1. The summed E-state index contributed by atoms with van der Waals surface area (Å²) in [5, 5.41) is 8.92. The van der Waals surface area contributed by atoms with Gasteiger partial charge >= 0.3 is 5.97 Å². The van der Waals surface area contributed by atoms with Crippen molar-refractivity contribution in [1.29, 1.82) is 0 Å². The van der Waals surface area contributed by atoms with Gasteiger partial charge in [-0.1, -0.05) is 13.3 Å². The highest BCUT2D eigenvalue weighted by Crippen LogP contribution is 2.27. The number of carboxylic acids is 1. The molecule has 1 saturated carbocycles. The van der Waals surface area contributed by atoms with E-state index in [0.717, 1.165) is 25.4 Å². The third-order valence-electron chi connectivity index (χ3n) is 3.85. The van der Waals surface area contributed by atoms with Crippen LogP contribution in [0.1, 0.15) is 46.0 Å². The Hall–Kier alpha value is -0.610. The van der Waals surface area contributed by atoms with Crippen molar-refractivity contribution >= 4 is 5.97 Å². The van der Waals surface area contributed by atoms with Crippen LogP contribution in [0.25, 0.3) is 0 Å². The Morgan fingerprint density at radius 2 is 2.18 bits per heavy atom. The van der Waals surface area contributed by atoms with Crippen molar-refractivity contribution in [3.05, 3.63) is 0 Å². The minimum absolute atomic E-state index is 0.545. The summed E-state index contributed by atoms with van der Waals surface area (Å²) in [6.45, 7) is 6.94. The van der Waals surface area contributed by atoms with Crippen molar-refractivity contribution in [3.8, 4) is 0 Å². The van der Waals surface area contributed by atoms with E-state index in [0.29, 0.717) is 6.42 Å². The summed E-state index contributed by atoms with van der Waals surface area (Å²) in [6, 6.07) is 0. The van der Waals surface area contributed by atoms with Gasteiger partial charge in [-0.3, -0.25) is 4.79 Å². The second-order valence-corrected chi connectivity index (χ2v) is 5.52. The highest BCUT2D eigenvalue weighted by atomic mass is 16.4. The van der Waals surface area contributed by atoms with E-state index in [1.54, 1.807) is 6.92 Å². The van der Waals surface area contributed by atoms with Gasteiger partial charge in [0.1, 0.15) is 5.54 Å². The minimum atomic E-state index is -1.07. The summed E-state index contributed by atoms with van der Waals surface area (Å²) in [5.74, 6) is -0.0294. The summed E-state index contributed by atoms with van der Waals surface area (Å²) in [4.78, 5) is 13.3. The number of rotatable bonds is 8. The van der Waals surface area contributed by atoms with Gasteiger partial charge in [0.05, 0.1) is 0 Å². The summed E-state index contributed by atoms with van der Waals surface area (Å²) in [5.41, 5.74) is 4.63. The molecule has 4 heteroatoms. The topological polar surface area (TPSA) is 66.6 Å². The normalized spacial score (nSPS) is 20.0. The van der Waals surface area contributed by atoms with Gasteiger partial charge in [0.2, 0.25) is 0 Å². The van der Waals surface area contributed by atoms with E-state index in [1.807, 2.05) is 0 Å². The van der Waals surface area contributed by atoms with Gasteiger partial charge in [-0.15, -0.1) is 0 Å². The average Bonchev–Trinajstić information content (AvgIpc) is 2.20. The molecule has 17 heavy (non-hydrogen) atoms. The fourth-order valence-corrected chi connectivity index (χ4v) is 2.20. The van der Waals surface area contributed by atoms with E-state index < -0.39 is 11.5 Å². The molecule has 0 bridgehead atoms. The van der Waals surface area contributed by atoms with Gasteiger partial charge in [-0.25, -0.2) is 0 Å². The van der Waals surface area contributed by atoms with E-state index in [1.165, 1.54) is 25.8 Å². The van der Waals surface area contributed by atoms with Crippen LogP contribution in [-0.2, 0) is 4.79 Å². The molecule has 1 unspecified atom stereocenters. The number of hydrogen-bond acceptors (Lipinski definition) is 3. The summed E-state index contributed by atoms with van der Waals surface area (Å²) < 4.78 is 0. The van der Waals surface area contributed by atoms with Crippen molar-refractivity contribution in [2.45, 2.75) is 51.5 Å². The second kappa shape index (κ2) is 6.36. The van der Waals surface area contributed by atoms with Gasteiger partial charge in [0, 0.05) is 6.54 Å². The van der Waals surface area contributed by atoms with Gasteiger partial charge in [-0.05, 0) is 51.6 Å². The van der Waals surface area contributed by atoms with E-state index >= 15 is 0 Å². The molecule has 1 aliphatic rings. The van der Waals surface area contributed by atoms with Crippen LogP contribution in [0.4, 0.5) is 0 Å². The maximum absolute atomic E-state index is 10.9. The molecule has 0 radical (unpaired) electrons. The maximum Gasteiger partial charge on any atom is 0.323 e. The lowest BCUT2D eigenvalue weighted by atomic mass is 9.85. The number of carbonyl (C=O) groups is 1. The molecule has 100 valence electrons. The van der Waals surface area contributed by atoms with Crippen LogP contribution in [0.5, 0.6) is 0 Å². The van der Waals surface area contributed by atoms with Crippen LogP contribution in [0, 0.1) is 5.92 Å². The standard InChI is InChI=1S/C13H26N2O2/c1-3-15(10-11-6-4-7-11)9-5-8-13(2,14)12(16)17/h11H,3-10,14H2,1-2H3,(H,16,17). The summed E-state index contributed by atoms with van der Waals surface area (Å²) in [7, 11) is 0. The van der Waals surface area contributed by atoms with Crippen LogP contribution in [0.3, 0.4) is 0 Å². The molecule has 0 aromatic rings. The van der Waals surface area contributed by atoms with E-state index in [-0.39, 0.29) is 0 Å². The third-order valence-corrected chi connectivity index (χ3v) is 3.85. The maximum atomic E-state index is 10.9. The molecule has 0 heterocycles. The molecule has 0 aromatic carbocycles. The second-order valence-electron chi connectivity index (χ2n) is 5.52. The lowest BCUT2D eigenvalue weighted by Gasteiger charge is -2.32. The number of nitrogens with zero attached hydrogens (tertiary/aromatic N) is 1. The molecule has 0 spiro atoms. The monoisotopic (exact) mass is 242 g/mol. The average molecular weight is 242 g/mol. The highest BCUT2D eigenvalue weighted by molar-refractivity contribution is 5.77. The fourth-order valence-electron chi connectivity index (χ4n) is 2.20. The Morgan fingerprint density at radius 1 is 1.53 bits per heavy atom. The molecule has 0 aromatic heterocycles. The lowest BCUT2D eigenvalue weighted by molar-refractivity contribution is -0.142. The molecular weight excluding hydrogens is 216 g/mol. The predicted molar refractivity (Wildman–Crippen MR) is 68.9 cm³/mol.